The summed E-state index contributed by atoms with van der Waals surface area (Å²) in [7, 11) is 0. The Bertz CT molecular complexity index is 367. The SMILES string of the molecule is CCOC(CCC(=O)CC)(OCC)c1ccccc1. The van der Waals surface area contributed by atoms with Gasteiger partial charge < -0.3 is 9.47 Å². The number of hydrogen-bond acceptors (Lipinski definition) is 3. The van der Waals surface area contributed by atoms with Crippen LogP contribution in [0.5, 0.6) is 0 Å². The molecule has 0 aliphatic carbocycles. The second kappa shape index (κ2) is 8.08. The van der Waals surface area contributed by atoms with Crippen LogP contribution < -0.4 is 0 Å². The van der Waals surface area contributed by atoms with E-state index in [-0.39, 0.29) is 5.78 Å². The van der Waals surface area contributed by atoms with Crippen molar-refractivity contribution in [3.8, 4) is 0 Å². The molecule has 0 aliphatic rings. The Morgan fingerprint density at radius 2 is 1.63 bits per heavy atom. The Balaban J connectivity index is 2.96. The zero-order valence-electron chi connectivity index (χ0n) is 12.1. The summed E-state index contributed by atoms with van der Waals surface area (Å²) in [5.41, 5.74) is 0.975. The van der Waals surface area contributed by atoms with E-state index in [0.29, 0.717) is 32.5 Å². The van der Waals surface area contributed by atoms with E-state index in [0.717, 1.165) is 5.56 Å². The third kappa shape index (κ3) is 4.44. The molecule has 3 heteroatoms. The van der Waals surface area contributed by atoms with Crippen molar-refractivity contribution in [2.24, 2.45) is 0 Å². The summed E-state index contributed by atoms with van der Waals surface area (Å²) in [5.74, 6) is -0.560. The number of carbonyl (C=O) groups excluding carboxylic acids is 1. The van der Waals surface area contributed by atoms with Crippen LogP contribution in [0.15, 0.2) is 30.3 Å². The Morgan fingerprint density at radius 3 is 2.11 bits per heavy atom. The van der Waals surface area contributed by atoms with E-state index >= 15 is 0 Å². The molecular weight excluding hydrogens is 240 g/mol. The van der Waals surface area contributed by atoms with Gasteiger partial charge in [-0.1, -0.05) is 37.3 Å². The average Bonchev–Trinajstić information content (AvgIpc) is 2.45. The molecule has 0 bridgehead atoms. The van der Waals surface area contributed by atoms with Crippen LogP contribution in [0.2, 0.25) is 0 Å². The van der Waals surface area contributed by atoms with E-state index < -0.39 is 5.79 Å². The fraction of sp³-hybridized carbons (Fsp3) is 0.562. The van der Waals surface area contributed by atoms with Gasteiger partial charge in [-0.05, 0) is 13.8 Å². The highest BCUT2D eigenvalue weighted by molar-refractivity contribution is 5.78. The summed E-state index contributed by atoms with van der Waals surface area (Å²) < 4.78 is 11.8. The van der Waals surface area contributed by atoms with Gasteiger partial charge in [0.2, 0.25) is 0 Å². The molecule has 0 saturated carbocycles. The topological polar surface area (TPSA) is 35.5 Å². The normalized spacial score (nSPS) is 11.5. The molecule has 0 aliphatic heterocycles. The molecule has 19 heavy (non-hydrogen) atoms. The molecule has 0 unspecified atom stereocenters. The molecule has 1 aromatic carbocycles. The zero-order chi connectivity index (χ0) is 14.1. The lowest BCUT2D eigenvalue weighted by Crippen LogP contribution is -2.34. The van der Waals surface area contributed by atoms with Crippen LogP contribution in [0.1, 0.15) is 45.6 Å². The first-order chi connectivity index (χ1) is 9.18. The predicted octanol–water partition coefficient (Wildman–Crippen LogP) is 3.67. The summed E-state index contributed by atoms with van der Waals surface area (Å²) in [6.07, 6.45) is 1.60. The van der Waals surface area contributed by atoms with Gasteiger partial charge in [-0.3, -0.25) is 4.79 Å². The van der Waals surface area contributed by atoms with Gasteiger partial charge in [-0.15, -0.1) is 0 Å². The fourth-order valence-corrected chi connectivity index (χ4v) is 2.14. The summed E-state index contributed by atoms with van der Waals surface area (Å²) in [4.78, 5) is 11.6. The summed E-state index contributed by atoms with van der Waals surface area (Å²) >= 11 is 0. The first kappa shape index (κ1) is 15.9. The monoisotopic (exact) mass is 264 g/mol. The van der Waals surface area contributed by atoms with Gasteiger partial charge in [0.25, 0.3) is 0 Å². The predicted molar refractivity (Wildman–Crippen MR) is 75.9 cm³/mol. The lowest BCUT2D eigenvalue weighted by molar-refractivity contribution is -0.246. The first-order valence-corrected chi connectivity index (χ1v) is 7.03. The lowest BCUT2D eigenvalue weighted by atomic mass is 9.98. The number of hydrogen-bond donors (Lipinski definition) is 0. The number of benzene rings is 1. The number of ketones is 1. The van der Waals surface area contributed by atoms with E-state index in [1.165, 1.54) is 0 Å². The Morgan fingerprint density at radius 1 is 1.05 bits per heavy atom. The molecule has 0 fully saturated rings. The second-order valence-electron chi connectivity index (χ2n) is 4.38. The van der Waals surface area contributed by atoms with E-state index in [9.17, 15) is 4.79 Å². The van der Waals surface area contributed by atoms with Crippen LogP contribution >= 0.6 is 0 Å². The minimum absolute atomic E-state index is 0.236. The van der Waals surface area contributed by atoms with Crippen molar-refractivity contribution in [3.05, 3.63) is 35.9 Å². The molecule has 0 N–H and O–H groups in total. The van der Waals surface area contributed by atoms with Crippen molar-refractivity contribution in [2.45, 2.75) is 45.8 Å². The van der Waals surface area contributed by atoms with Crippen LogP contribution in [0.3, 0.4) is 0 Å². The molecule has 0 atom stereocenters. The molecule has 1 rings (SSSR count). The fourth-order valence-electron chi connectivity index (χ4n) is 2.14. The quantitative estimate of drug-likeness (QED) is 0.638. The van der Waals surface area contributed by atoms with Crippen molar-refractivity contribution in [3.63, 3.8) is 0 Å². The van der Waals surface area contributed by atoms with Gasteiger partial charge >= 0.3 is 0 Å². The molecule has 0 saturated heterocycles. The first-order valence-electron chi connectivity index (χ1n) is 7.03. The molecule has 0 amide bonds. The van der Waals surface area contributed by atoms with Gasteiger partial charge in [0.05, 0.1) is 0 Å². The number of carbonyl (C=O) groups is 1. The molecule has 3 nitrogen and oxygen atoms in total. The van der Waals surface area contributed by atoms with E-state index in [1.807, 2.05) is 51.1 Å². The van der Waals surface area contributed by atoms with Crippen LogP contribution in [-0.2, 0) is 20.1 Å². The summed E-state index contributed by atoms with van der Waals surface area (Å²) in [6, 6.07) is 9.86. The maximum Gasteiger partial charge on any atom is 0.195 e. The molecule has 0 heterocycles. The zero-order valence-corrected chi connectivity index (χ0v) is 12.1. The Labute approximate surface area is 115 Å². The van der Waals surface area contributed by atoms with Crippen molar-refractivity contribution in [1.82, 2.24) is 0 Å². The largest absolute Gasteiger partial charge is 0.346 e. The average molecular weight is 264 g/mol. The Hall–Kier alpha value is -1.19. The van der Waals surface area contributed by atoms with E-state index in [2.05, 4.69) is 0 Å². The van der Waals surface area contributed by atoms with E-state index in [4.69, 9.17) is 9.47 Å². The highest BCUT2D eigenvalue weighted by Gasteiger charge is 2.33. The summed E-state index contributed by atoms with van der Waals surface area (Å²) in [6.45, 7) is 6.87. The third-order valence-electron chi connectivity index (χ3n) is 3.10. The molecular formula is C16H24O3. The molecule has 106 valence electrons. The maximum atomic E-state index is 11.6. The highest BCUT2D eigenvalue weighted by Crippen LogP contribution is 2.32. The highest BCUT2D eigenvalue weighted by atomic mass is 16.7. The second-order valence-corrected chi connectivity index (χ2v) is 4.38. The van der Waals surface area contributed by atoms with Gasteiger partial charge in [-0.2, -0.15) is 0 Å². The van der Waals surface area contributed by atoms with E-state index in [1.54, 1.807) is 0 Å². The van der Waals surface area contributed by atoms with Crippen molar-refractivity contribution in [2.75, 3.05) is 13.2 Å². The number of Topliss-reactive ketones (excluding diaryl/α,β-unsaturated/α-hetero) is 1. The maximum absolute atomic E-state index is 11.6. The van der Waals surface area contributed by atoms with Crippen LogP contribution in [0.4, 0.5) is 0 Å². The van der Waals surface area contributed by atoms with Crippen molar-refractivity contribution < 1.29 is 14.3 Å². The molecule has 0 radical (unpaired) electrons. The molecule has 1 aromatic rings. The lowest BCUT2D eigenvalue weighted by Gasteiger charge is -2.33. The molecule has 0 spiro atoms. The number of ether oxygens (including phenoxy) is 2. The van der Waals surface area contributed by atoms with Crippen LogP contribution in [-0.4, -0.2) is 19.0 Å². The Kier molecular flexibility index (Phi) is 6.74. The van der Waals surface area contributed by atoms with Gasteiger partial charge in [0, 0.05) is 38.0 Å². The number of rotatable bonds is 9. The van der Waals surface area contributed by atoms with Crippen molar-refractivity contribution in [1.29, 1.82) is 0 Å². The standard InChI is InChI=1S/C16H24O3/c1-4-15(17)12-13-16(18-5-2,19-6-3)14-10-8-7-9-11-14/h7-11H,4-6,12-13H2,1-3H3. The van der Waals surface area contributed by atoms with Crippen molar-refractivity contribution >= 4 is 5.78 Å². The third-order valence-corrected chi connectivity index (χ3v) is 3.10. The van der Waals surface area contributed by atoms with Crippen LogP contribution in [0, 0.1) is 0 Å². The minimum atomic E-state index is -0.796. The van der Waals surface area contributed by atoms with Crippen LogP contribution in [0.25, 0.3) is 0 Å². The van der Waals surface area contributed by atoms with Gasteiger partial charge in [0.1, 0.15) is 5.78 Å². The van der Waals surface area contributed by atoms with Gasteiger partial charge in [0.15, 0.2) is 5.79 Å². The summed E-state index contributed by atoms with van der Waals surface area (Å²) in [5, 5.41) is 0. The molecule has 0 aromatic heterocycles. The smallest absolute Gasteiger partial charge is 0.195 e. The van der Waals surface area contributed by atoms with Gasteiger partial charge in [-0.25, -0.2) is 0 Å². The minimum Gasteiger partial charge on any atom is -0.346 e.